The minimum absolute atomic E-state index is 0.00579. The Morgan fingerprint density at radius 3 is 2.58 bits per heavy atom. The molecule has 1 aliphatic rings. The fourth-order valence-corrected chi connectivity index (χ4v) is 1.28. The normalized spacial score (nSPS) is 17.2. The lowest BCUT2D eigenvalue weighted by Gasteiger charge is -1.98. The molecule has 1 rings (SSSR count). The highest BCUT2D eigenvalue weighted by molar-refractivity contribution is 5.98. The lowest BCUT2D eigenvalue weighted by Crippen LogP contribution is -1.99. The molecule has 0 fully saturated rings. The maximum atomic E-state index is 11.1. The van der Waals surface area contributed by atoms with Gasteiger partial charge in [-0.1, -0.05) is 0 Å². The molecular weight excluding hydrogens is 156 g/mol. The van der Waals surface area contributed by atoms with Gasteiger partial charge in [-0.15, -0.1) is 0 Å². The van der Waals surface area contributed by atoms with Gasteiger partial charge in [-0.3, -0.25) is 4.79 Å². The topological polar surface area (TPSA) is 54.4 Å². The first kappa shape index (κ1) is 8.97. The van der Waals surface area contributed by atoms with E-state index in [1.807, 2.05) is 0 Å². The summed E-state index contributed by atoms with van der Waals surface area (Å²) in [4.78, 5) is 21.7. The Morgan fingerprint density at radius 1 is 1.50 bits per heavy atom. The van der Waals surface area contributed by atoms with E-state index in [4.69, 9.17) is 0 Å². The van der Waals surface area contributed by atoms with Gasteiger partial charge in [0.2, 0.25) is 0 Å². The van der Waals surface area contributed by atoms with Crippen LogP contribution in [0.15, 0.2) is 11.3 Å². The van der Waals surface area contributed by atoms with Crippen molar-refractivity contribution in [3.63, 3.8) is 0 Å². The molecule has 0 heterocycles. The van der Waals surface area contributed by atoms with Crippen LogP contribution in [-0.4, -0.2) is 16.7 Å². The molecule has 0 saturated heterocycles. The van der Waals surface area contributed by atoms with E-state index in [1.54, 1.807) is 0 Å². The lowest BCUT2D eigenvalue weighted by molar-refractivity contribution is -0.117. The van der Waals surface area contributed by atoms with Crippen LogP contribution in [-0.2, 0) is 9.59 Å². The van der Waals surface area contributed by atoms with Crippen LogP contribution in [0.2, 0.25) is 0 Å². The van der Waals surface area contributed by atoms with Gasteiger partial charge in [0.15, 0.2) is 5.78 Å². The van der Waals surface area contributed by atoms with E-state index in [9.17, 15) is 14.7 Å². The molecule has 66 valence electrons. The van der Waals surface area contributed by atoms with Crippen LogP contribution >= 0.6 is 0 Å². The Bertz CT molecular complexity index is 250. The molecule has 0 aromatic carbocycles. The third kappa shape index (κ3) is 1.94. The lowest BCUT2D eigenvalue weighted by atomic mass is 10.1. The molecule has 0 bridgehead atoms. The minimum Gasteiger partial charge on any atom is -0.512 e. The molecule has 12 heavy (non-hydrogen) atoms. The maximum Gasteiger partial charge on any atom is 0.162 e. The summed E-state index contributed by atoms with van der Waals surface area (Å²) in [5.74, 6) is 0.227. The van der Waals surface area contributed by atoms with Crippen LogP contribution in [0.1, 0.15) is 32.6 Å². The van der Waals surface area contributed by atoms with Gasteiger partial charge in [-0.2, -0.15) is 0 Å². The summed E-state index contributed by atoms with van der Waals surface area (Å²) in [5, 5.41) is 9.22. The SMILES string of the molecule is CC(=O)CCC1=C(O)CCC1=O. The molecule has 3 nitrogen and oxygen atoms in total. The zero-order chi connectivity index (χ0) is 9.14. The van der Waals surface area contributed by atoms with E-state index >= 15 is 0 Å². The molecule has 0 aliphatic heterocycles. The smallest absolute Gasteiger partial charge is 0.162 e. The minimum atomic E-state index is -0.00579. The fourth-order valence-electron chi connectivity index (χ4n) is 1.28. The molecule has 0 aromatic rings. The molecule has 3 heteroatoms. The molecular formula is C9H12O3. The zero-order valence-corrected chi connectivity index (χ0v) is 7.09. The van der Waals surface area contributed by atoms with Crippen molar-refractivity contribution in [3.05, 3.63) is 11.3 Å². The summed E-state index contributed by atoms with van der Waals surface area (Å²) < 4.78 is 0. The molecule has 0 atom stereocenters. The Morgan fingerprint density at radius 2 is 2.17 bits per heavy atom. The Kier molecular flexibility index (Phi) is 2.63. The Hall–Kier alpha value is -1.12. The highest BCUT2D eigenvalue weighted by Crippen LogP contribution is 2.24. The standard InChI is InChI=1S/C9H12O3/c1-6(10)2-3-7-8(11)4-5-9(7)12/h11H,2-5H2,1H3. The quantitative estimate of drug-likeness (QED) is 0.695. The highest BCUT2D eigenvalue weighted by Gasteiger charge is 2.22. The molecule has 1 N–H and O–H groups in total. The van der Waals surface area contributed by atoms with Crippen molar-refractivity contribution >= 4 is 11.6 Å². The van der Waals surface area contributed by atoms with Crippen molar-refractivity contribution in [3.8, 4) is 0 Å². The van der Waals surface area contributed by atoms with Crippen molar-refractivity contribution in [1.29, 1.82) is 0 Å². The zero-order valence-electron chi connectivity index (χ0n) is 7.09. The van der Waals surface area contributed by atoms with E-state index < -0.39 is 0 Å². The predicted molar refractivity (Wildman–Crippen MR) is 43.8 cm³/mol. The average molecular weight is 168 g/mol. The first-order valence-electron chi connectivity index (χ1n) is 4.05. The second-order valence-electron chi connectivity index (χ2n) is 3.05. The first-order chi connectivity index (χ1) is 5.61. The number of hydrogen-bond acceptors (Lipinski definition) is 3. The molecule has 0 radical (unpaired) electrons. The Balaban J connectivity index is 2.56. The van der Waals surface area contributed by atoms with Gasteiger partial charge in [0.1, 0.15) is 5.78 Å². The van der Waals surface area contributed by atoms with Gasteiger partial charge < -0.3 is 9.90 Å². The maximum absolute atomic E-state index is 11.1. The molecule has 0 saturated carbocycles. The molecule has 0 unspecified atom stereocenters. The van der Waals surface area contributed by atoms with E-state index in [1.165, 1.54) is 6.92 Å². The highest BCUT2D eigenvalue weighted by atomic mass is 16.3. The van der Waals surface area contributed by atoms with E-state index in [-0.39, 0.29) is 17.3 Å². The van der Waals surface area contributed by atoms with Crippen molar-refractivity contribution in [1.82, 2.24) is 0 Å². The van der Waals surface area contributed by atoms with Crippen molar-refractivity contribution in [2.45, 2.75) is 32.6 Å². The number of aliphatic hydroxyl groups is 1. The average Bonchev–Trinajstić information content (AvgIpc) is 2.28. The third-order valence-corrected chi connectivity index (χ3v) is 2.00. The summed E-state index contributed by atoms with van der Waals surface area (Å²) in [6.45, 7) is 1.48. The van der Waals surface area contributed by atoms with Crippen molar-refractivity contribution < 1.29 is 14.7 Å². The van der Waals surface area contributed by atoms with E-state index in [0.29, 0.717) is 31.3 Å². The number of Topliss-reactive ketones (excluding diaryl/α,β-unsaturated/α-hetero) is 2. The second kappa shape index (κ2) is 3.52. The van der Waals surface area contributed by atoms with E-state index in [2.05, 4.69) is 0 Å². The van der Waals surface area contributed by atoms with Crippen LogP contribution in [0.4, 0.5) is 0 Å². The molecule has 0 aromatic heterocycles. The fraction of sp³-hybridized carbons (Fsp3) is 0.556. The molecule has 1 aliphatic carbocycles. The van der Waals surface area contributed by atoms with Gasteiger partial charge in [0.05, 0.1) is 5.76 Å². The summed E-state index contributed by atoms with van der Waals surface area (Å²) in [6, 6.07) is 0. The van der Waals surface area contributed by atoms with Gasteiger partial charge in [0, 0.05) is 24.8 Å². The third-order valence-electron chi connectivity index (χ3n) is 2.00. The van der Waals surface area contributed by atoms with Crippen molar-refractivity contribution in [2.24, 2.45) is 0 Å². The summed E-state index contributed by atoms with van der Waals surface area (Å²) in [6.07, 6.45) is 1.61. The number of carbonyl (C=O) groups is 2. The number of ketones is 2. The largest absolute Gasteiger partial charge is 0.512 e. The number of aliphatic hydroxyl groups excluding tert-OH is 1. The number of carbonyl (C=O) groups excluding carboxylic acids is 2. The van der Waals surface area contributed by atoms with E-state index in [0.717, 1.165) is 0 Å². The first-order valence-corrected chi connectivity index (χ1v) is 4.05. The molecule has 0 spiro atoms. The number of allylic oxidation sites excluding steroid dienone is 2. The van der Waals surface area contributed by atoms with Crippen LogP contribution in [0.25, 0.3) is 0 Å². The van der Waals surface area contributed by atoms with Gasteiger partial charge in [-0.05, 0) is 13.3 Å². The van der Waals surface area contributed by atoms with Gasteiger partial charge in [0.25, 0.3) is 0 Å². The van der Waals surface area contributed by atoms with Crippen LogP contribution in [0.5, 0.6) is 0 Å². The Labute approximate surface area is 71.1 Å². The summed E-state index contributed by atoms with van der Waals surface area (Å²) >= 11 is 0. The molecule has 0 amide bonds. The number of hydrogen-bond donors (Lipinski definition) is 1. The second-order valence-corrected chi connectivity index (χ2v) is 3.05. The predicted octanol–water partition coefficient (Wildman–Crippen LogP) is 1.53. The monoisotopic (exact) mass is 168 g/mol. The van der Waals surface area contributed by atoms with Crippen LogP contribution in [0.3, 0.4) is 0 Å². The van der Waals surface area contributed by atoms with Crippen molar-refractivity contribution in [2.75, 3.05) is 0 Å². The summed E-state index contributed by atoms with van der Waals surface area (Å²) in [5.41, 5.74) is 0.463. The number of rotatable bonds is 3. The van der Waals surface area contributed by atoms with Gasteiger partial charge in [-0.25, -0.2) is 0 Å². The summed E-state index contributed by atoms with van der Waals surface area (Å²) in [7, 11) is 0. The van der Waals surface area contributed by atoms with Crippen LogP contribution < -0.4 is 0 Å². The van der Waals surface area contributed by atoms with Crippen LogP contribution in [0, 0.1) is 0 Å². The van der Waals surface area contributed by atoms with Gasteiger partial charge >= 0.3 is 0 Å².